The summed E-state index contributed by atoms with van der Waals surface area (Å²) in [6.07, 6.45) is -1.64. The van der Waals surface area contributed by atoms with Gasteiger partial charge in [0.25, 0.3) is 0 Å². The van der Waals surface area contributed by atoms with Crippen LogP contribution in [0.15, 0.2) is 24.3 Å². The van der Waals surface area contributed by atoms with Crippen LogP contribution in [0.5, 0.6) is 11.5 Å². The molecule has 2 atom stereocenters. The fraction of sp³-hybridized carbons (Fsp3) is 0.429. The second kappa shape index (κ2) is 7.37. The Bertz CT molecular complexity index is 453. The second-order valence-corrected chi connectivity index (χ2v) is 4.08. The van der Waals surface area contributed by atoms with Gasteiger partial charge in [-0.1, -0.05) is 0 Å². The van der Waals surface area contributed by atoms with Gasteiger partial charge in [0.05, 0.1) is 6.61 Å². The van der Waals surface area contributed by atoms with Gasteiger partial charge in [0, 0.05) is 0 Å². The van der Waals surface area contributed by atoms with E-state index in [4.69, 9.17) is 19.3 Å². The van der Waals surface area contributed by atoms with E-state index in [1.54, 1.807) is 38.1 Å². The maximum Gasteiger partial charge on any atom is 0.347 e. The van der Waals surface area contributed by atoms with Crippen LogP contribution in [0, 0.1) is 0 Å². The Morgan fingerprint density at radius 1 is 1.05 bits per heavy atom. The molecule has 2 unspecified atom stereocenters. The van der Waals surface area contributed by atoms with E-state index in [0.29, 0.717) is 18.1 Å². The van der Waals surface area contributed by atoms with Gasteiger partial charge in [-0.25, -0.2) is 9.59 Å². The Balaban J connectivity index is 2.58. The Hall–Kier alpha value is -2.24. The van der Waals surface area contributed by atoms with Crippen LogP contribution in [0.1, 0.15) is 20.8 Å². The molecule has 1 aromatic rings. The molecule has 6 nitrogen and oxygen atoms in total. The first kappa shape index (κ1) is 15.8. The number of hydrogen-bond donors (Lipinski definition) is 1. The van der Waals surface area contributed by atoms with Gasteiger partial charge in [-0.05, 0) is 45.0 Å². The van der Waals surface area contributed by atoms with Crippen LogP contribution < -0.4 is 9.47 Å². The predicted molar refractivity (Wildman–Crippen MR) is 70.9 cm³/mol. The first-order valence-corrected chi connectivity index (χ1v) is 6.26. The zero-order valence-corrected chi connectivity index (χ0v) is 11.7. The predicted octanol–water partition coefficient (Wildman–Crippen LogP) is 1.87. The lowest BCUT2D eigenvalue weighted by molar-refractivity contribution is -0.150. The SMILES string of the molecule is CCOC(=O)C(C)Oc1ccc(OC(C)C(=O)O)cc1. The van der Waals surface area contributed by atoms with Crippen LogP contribution in [0.25, 0.3) is 0 Å². The fourth-order valence-corrected chi connectivity index (χ4v) is 1.36. The van der Waals surface area contributed by atoms with Crippen molar-refractivity contribution in [3.63, 3.8) is 0 Å². The molecular weight excluding hydrogens is 264 g/mol. The van der Waals surface area contributed by atoms with E-state index in [2.05, 4.69) is 0 Å². The van der Waals surface area contributed by atoms with Gasteiger partial charge >= 0.3 is 11.9 Å². The number of benzene rings is 1. The van der Waals surface area contributed by atoms with Crippen molar-refractivity contribution < 1.29 is 28.9 Å². The highest BCUT2D eigenvalue weighted by molar-refractivity contribution is 5.74. The molecule has 1 N–H and O–H groups in total. The van der Waals surface area contributed by atoms with E-state index in [0.717, 1.165) is 0 Å². The van der Waals surface area contributed by atoms with Crippen molar-refractivity contribution >= 4 is 11.9 Å². The Labute approximate surface area is 117 Å². The third-order valence-corrected chi connectivity index (χ3v) is 2.42. The molecule has 0 aliphatic heterocycles. The first-order chi connectivity index (χ1) is 9.43. The number of carboxylic acid groups (broad SMARTS) is 1. The molecule has 20 heavy (non-hydrogen) atoms. The van der Waals surface area contributed by atoms with Crippen LogP contribution in [-0.4, -0.2) is 35.9 Å². The lowest BCUT2D eigenvalue weighted by Crippen LogP contribution is -2.26. The number of rotatable bonds is 7. The standard InChI is InChI=1S/C14H18O6/c1-4-18-14(17)10(3)20-12-7-5-11(6-8-12)19-9(2)13(15)16/h5-10H,4H2,1-3H3,(H,15,16). The molecule has 0 saturated heterocycles. The fourth-order valence-electron chi connectivity index (χ4n) is 1.36. The van der Waals surface area contributed by atoms with Gasteiger partial charge in [0.2, 0.25) is 0 Å². The van der Waals surface area contributed by atoms with E-state index in [9.17, 15) is 9.59 Å². The molecule has 0 heterocycles. The monoisotopic (exact) mass is 282 g/mol. The zero-order chi connectivity index (χ0) is 15.1. The molecule has 0 radical (unpaired) electrons. The maximum atomic E-state index is 11.4. The second-order valence-electron chi connectivity index (χ2n) is 4.08. The molecule has 110 valence electrons. The molecule has 0 aliphatic carbocycles. The van der Waals surface area contributed by atoms with Gasteiger partial charge in [0.15, 0.2) is 12.2 Å². The minimum atomic E-state index is -1.04. The molecule has 0 aliphatic rings. The van der Waals surface area contributed by atoms with E-state index in [-0.39, 0.29) is 0 Å². The maximum absolute atomic E-state index is 11.4. The molecule has 0 fully saturated rings. The van der Waals surface area contributed by atoms with E-state index in [1.165, 1.54) is 6.92 Å². The minimum absolute atomic E-state index is 0.298. The van der Waals surface area contributed by atoms with Gasteiger partial charge in [-0.2, -0.15) is 0 Å². The summed E-state index contributed by atoms with van der Waals surface area (Å²) >= 11 is 0. The molecule has 0 saturated carbocycles. The number of carbonyl (C=O) groups is 2. The van der Waals surface area contributed by atoms with Gasteiger partial charge in [0.1, 0.15) is 11.5 Å². The molecule has 0 aromatic heterocycles. The summed E-state index contributed by atoms with van der Waals surface area (Å²) in [7, 11) is 0. The number of hydrogen-bond acceptors (Lipinski definition) is 5. The van der Waals surface area contributed by atoms with Crippen molar-refractivity contribution in [2.75, 3.05) is 6.61 Å². The Morgan fingerprint density at radius 2 is 1.50 bits per heavy atom. The number of carbonyl (C=O) groups excluding carboxylic acids is 1. The van der Waals surface area contributed by atoms with Crippen LogP contribution >= 0.6 is 0 Å². The molecule has 1 rings (SSSR count). The van der Waals surface area contributed by atoms with E-state index in [1.807, 2.05) is 0 Å². The summed E-state index contributed by atoms with van der Waals surface area (Å²) in [5.41, 5.74) is 0. The third kappa shape index (κ3) is 4.79. The number of ether oxygens (including phenoxy) is 3. The Morgan fingerprint density at radius 3 is 1.90 bits per heavy atom. The topological polar surface area (TPSA) is 82.1 Å². The number of carboxylic acids is 1. The van der Waals surface area contributed by atoms with Crippen molar-refractivity contribution in [3.8, 4) is 11.5 Å². The van der Waals surface area contributed by atoms with Gasteiger partial charge in [-0.3, -0.25) is 0 Å². The van der Waals surface area contributed by atoms with Crippen LogP contribution in [0.2, 0.25) is 0 Å². The van der Waals surface area contributed by atoms with Crippen molar-refractivity contribution in [1.82, 2.24) is 0 Å². The van der Waals surface area contributed by atoms with Crippen molar-refractivity contribution in [2.24, 2.45) is 0 Å². The quantitative estimate of drug-likeness (QED) is 0.769. The minimum Gasteiger partial charge on any atom is -0.479 e. The highest BCUT2D eigenvalue weighted by atomic mass is 16.6. The smallest absolute Gasteiger partial charge is 0.347 e. The van der Waals surface area contributed by atoms with Gasteiger partial charge in [-0.15, -0.1) is 0 Å². The van der Waals surface area contributed by atoms with Crippen LogP contribution in [0.3, 0.4) is 0 Å². The van der Waals surface area contributed by atoms with E-state index < -0.39 is 24.1 Å². The first-order valence-electron chi connectivity index (χ1n) is 6.26. The summed E-state index contributed by atoms with van der Waals surface area (Å²) in [6.45, 7) is 5.05. The van der Waals surface area contributed by atoms with E-state index >= 15 is 0 Å². The molecular formula is C14H18O6. The van der Waals surface area contributed by atoms with Crippen molar-refractivity contribution in [2.45, 2.75) is 33.0 Å². The molecule has 1 aromatic carbocycles. The van der Waals surface area contributed by atoms with Crippen molar-refractivity contribution in [3.05, 3.63) is 24.3 Å². The number of aliphatic carboxylic acids is 1. The van der Waals surface area contributed by atoms with Crippen LogP contribution in [0.4, 0.5) is 0 Å². The molecule has 0 bridgehead atoms. The zero-order valence-electron chi connectivity index (χ0n) is 11.7. The Kier molecular flexibility index (Phi) is 5.83. The third-order valence-electron chi connectivity index (χ3n) is 2.42. The highest BCUT2D eigenvalue weighted by Gasteiger charge is 2.16. The molecule has 6 heteroatoms. The van der Waals surface area contributed by atoms with Crippen LogP contribution in [-0.2, 0) is 14.3 Å². The summed E-state index contributed by atoms with van der Waals surface area (Å²) in [5.74, 6) is -0.592. The largest absolute Gasteiger partial charge is 0.479 e. The van der Waals surface area contributed by atoms with Gasteiger partial charge < -0.3 is 19.3 Å². The number of esters is 1. The molecule has 0 spiro atoms. The normalized spacial score (nSPS) is 13.2. The summed E-state index contributed by atoms with van der Waals surface area (Å²) < 4.78 is 15.4. The average molecular weight is 282 g/mol. The summed E-state index contributed by atoms with van der Waals surface area (Å²) in [4.78, 5) is 22.0. The lowest BCUT2D eigenvalue weighted by Gasteiger charge is -2.14. The lowest BCUT2D eigenvalue weighted by atomic mass is 10.3. The summed E-state index contributed by atoms with van der Waals surface area (Å²) in [6, 6.07) is 6.35. The molecule has 0 amide bonds. The average Bonchev–Trinajstić information content (AvgIpc) is 2.41. The van der Waals surface area contributed by atoms with Crippen molar-refractivity contribution in [1.29, 1.82) is 0 Å². The highest BCUT2D eigenvalue weighted by Crippen LogP contribution is 2.19. The summed E-state index contributed by atoms with van der Waals surface area (Å²) in [5, 5.41) is 8.73.